The predicted molar refractivity (Wildman–Crippen MR) is 119 cm³/mol. The minimum atomic E-state index is -0.713. The summed E-state index contributed by atoms with van der Waals surface area (Å²) in [6.07, 6.45) is 1.25. The Morgan fingerprint density at radius 3 is 2.77 bits per heavy atom. The molecule has 1 atom stereocenters. The fraction of sp³-hybridized carbons (Fsp3) is 0.391. The van der Waals surface area contributed by atoms with Gasteiger partial charge in [0.2, 0.25) is 0 Å². The van der Waals surface area contributed by atoms with Crippen molar-refractivity contribution < 1.29 is 14.6 Å². The molecule has 0 bridgehead atoms. The number of benzene rings is 2. The molecule has 0 saturated carbocycles. The molecule has 2 aromatic rings. The fourth-order valence-electron chi connectivity index (χ4n) is 4.47. The van der Waals surface area contributed by atoms with Crippen LogP contribution in [-0.4, -0.2) is 47.5 Å². The van der Waals surface area contributed by atoms with Crippen LogP contribution in [0.4, 0.5) is 5.69 Å². The Morgan fingerprint density at radius 1 is 1.27 bits per heavy atom. The van der Waals surface area contributed by atoms with Crippen LogP contribution < -0.4 is 10.1 Å². The molecular weight excluding hydrogens is 402 g/mol. The van der Waals surface area contributed by atoms with Crippen molar-refractivity contribution in [1.82, 2.24) is 10.2 Å². The first kappa shape index (κ1) is 20.7. The van der Waals surface area contributed by atoms with Crippen LogP contribution in [0.5, 0.6) is 11.5 Å². The number of carbonyl (C=O) groups is 1. The van der Waals surface area contributed by atoms with E-state index in [9.17, 15) is 4.79 Å². The summed E-state index contributed by atoms with van der Waals surface area (Å²) in [5, 5.41) is 12.0. The molecule has 2 heterocycles. The van der Waals surface area contributed by atoms with Crippen molar-refractivity contribution in [2.45, 2.75) is 32.7 Å². The van der Waals surface area contributed by atoms with E-state index >= 15 is 0 Å². The minimum absolute atomic E-state index is 0.129. The Kier molecular flexibility index (Phi) is 5.71. The lowest BCUT2D eigenvalue weighted by Crippen LogP contribution is -2.61. The molecule has 0 aromatic heterocycles. The number of ether oxygens (including phenoxy) is 1. The molecule has 0 spiro atoms. The first-order valence-corrected chi connectivity index (χ1v) is 10.8. The summed E-state index contributed by atoms with van der Waals surface area (Å²) in [5.41, 5.74) is 0.870. The van der Waals surface area contributed by atoms with Crippen LogP contribution in [0, 0.1) is 5.41 Å². The second-order valence-electron chi connectivity index (χ2n) is 7.79. The van der Waals surface area contributed by atoms with E-state index < -0.39 is 11.4 Å². The number of halogens is 1. The van der Waals surface area contributed by atoms with Gasteiger partial charge in [-0.05, 0) is 43.2 Å². The third-order valence-corrected chi connectivity index (χ3v) is 6.59. The van der Waals surface area contributed by atoms with Crippen molar-refractivity contribution in [2.24, 2.45) is 10.4 Å². The van der Waals surface area contributed by atoms with Gasteiger partial charge in [0, 0.05) is 35.5 Å². The fourth-order valence-corrected chi connectivity index (χ4v) is 4.64. The number of hydrogen-bond donors (Lipinski definition) is 1. The van der Waals surface area contributed by atoms with E-state index in [4.69, 9.17) is 26.4 Å². The molecule has 2 aliphatic rings. The van der Waals surface area contributed by atoms with E-state index in [1.807, 2.05) is 56.3 Å². The highest BCUT2D eigenvalue weighted by atomic mass is 35.5. The Hall–Kier alpha value is -2.57. The van der Waals surface area contributed by atoms with Gasteiger partial charge in [0.05, 0.1) is 5.56 Å². The van der Waals surface area contributed by atoms with Crippen LogP contribution >= 0.6 is 11.6 Å². The van der Waals surface area contributed by atoms with Crippen molar-refractivity contribution >= 4 is 29.1 Å². The first-order valence-electron chi connectivity index (χ1n) is 10.4. The molecule has 158 valence electrons. The van der Waals surface area contributed by atoms with E-state index in [1.165, 1.54) is 0 Å². The highest BCUT2D eigenvalue weighted by molar-refractivity contribution is 6.31. The Balaban J connectivity index is 1.77. The maximum atomic E-state index is 12.3. The number of piperazine rings is 1. The predicted octanol–water partition coefficient (Wildman–Crippen LogP) is 3.86. The van der Waals surface area contributed by atoms with Gasteiger partial charge in [0.1, 0.15) is 22.7 Å². The molecule has 1 fully saturated rings. The average Bonchev–Trinajstić information content (AvgIpc) is 2.91. The molecule has 7 heteroatoms. The number of nitrogens with zero attached hydrogens (tertiary/aromatic N) is 2. The number of nitrogens with one attached hydrogen (secondary N) is 1. The quantitative estimate of drug-likeness (QED) is 0.750. The van der Waals surface area contributed by atoms with E-state index in [0.717, 1.165) is 23.6 Å². The summed E-state index contributed by atoms with van der Waals surface area (Å²) in [4.78, 5) is 19.5. The molecule has 2 aromatic carbocycles. The lowest BCUT2D eigenvalue weighted by Gasteiger charge is -2.42. The molecule has 1 saturated heterocycles. The van der Waals surface area contributed by atoms with Gasteiger partial charge in [-0.3, -0.25) is 0 Å². The molecule has 4 rings (SSSR count). The number of fused-ring (bicyclic) bond motifs is 2. The van der Waals surface area contributed by atoms with Crippen molar-refractivity contribution in [3.63, 3.8) is 0 Å². The summed E-state index contributed by atoms with van der Waals surface area (Å²) >= 11 is 6.32. The molecule has 2 aliphatic heterocycles. The Labute approximate surface area is 181 Å². The summed E-state index contributed by atoms with van der Waals surface area (Å²) in [6, 6.07) is 13.1. The average molecular weight is 429 g/mol. The highest BCUT2D eigenvalue weighted by Gasteiger charge is 2.50. The lowest BCUT2D eigenvalue weighted by atomic mass is 9.74. The molecule has 0 aliphatic carbocycles. The van der Waals surface area contributed by atoms with Gasteiger partial charge >= 0.3 is 5.97 Å². The number of rotatable bonds is 4. The topological polar surface area (TPSA) is 76.8 Å². The smallest absolute Gasteiger partial charge is 0.523 e. The zero-order valence-electron chi connectivity index (χ0n) is 17.2. The molecule has 1 unspecified atom stereocenters. The normalized spacial score (nSPS) is 18.6. The largest absolute Gasteiger partial charge is 0.564 e. The summed E-state index contributed by atoms with van der Waals surface area (Å²) < 4.78 is 6.15. The second-order valence-corrected chi connectivity index (χ2v) is 8.23. The Bertz CT molecular complexity index is 987. The minimum Gasteiger partial charge on any atom is -0.564 e. The standard InChI is InChI=1S/C23H26ClN3O3/c1-3-23(4-2,22(28)29)20-14-27(12-11-25-20)21-16-13-15(24)9-10-18(16)30-19-8-6-5-7-17(19)26-21/h5-10,13,20,25H,3-4,11-12,14H2,1-2H3,(H,28,29)/p+1. The maximum Gasteiger partial charge on any atom is 0.523 e. The van der Waals surface area contributed by atoms with E-state index in [2.05, 4.69) is 10.2 Å². The third kappa shape index (κ3) is 3.55. The van der Waals surface area contributed by atoms with Gasteiger partial charge in [-0.2, -0.15) is 0 Å². The van der Waals surface area contributed by atoms with Crippen LogP contribution in [0.1, 0.15) is 32.3 Å². The van der Waals surface area contributed by atoms with Crippen molar-refractivity contribution in [3.8, 4) is 11.5 Å². The molecule has 30 heavy (non-hydrogen) atoms. The van der Waals surface area contributed by atoms with Crippen LogP contribution in [0.2, 0.25) is 5.02 Å². The second kappa shape index (κ2) is 8.28. The SMILES string of the molecule is CCC(CC)(C(=O)[OH2+])C1CN(C2=Nc3ccccc3Oc3ccc(Cl)cc32)CCN1. The summed E-state index contributed by atoms with van der Waals surface area (Å²) in [6.45, 7) is 5.99. The lowest BCUT2D eigenvalue weighted by molar-refractivity contribution is -0.152. The summed E-state index contributed by atoms with van der Waals surface area (Å²) in [7, 11) is 0. The summed E-state index contributed by atoms with van der Waals surface area (Å²) in [5.74, 6) is 1.67. The van der Waals surface area contributed by atoms with E-state index in [1.54, 1.807) is 0 Å². The van der Waals surface area contributed by atoms with Crippen LogP contribution in [0.25, 0.3) is 0 Å². The highest BCUT2D eigenvalue weighted by Crippen LogP contribution is 2.40. The van der Waals surface area contributed by atoms with Gasteiger partial charge in [0.15, 0.2) is 5.75 Å². The maximum absolute atomic E-state index is 12.3. The van der Waals surface area contributed by atoms with Crippen molar-refractivity contribution in [3.05, 3.63) is 53.1 Å². The number of para-hydroxylation sites is 2. The van der Waals surface area contributed by atoms with Crippen LogP contribution in [0.15, 0.2) is 47.5 Å². The van der Waals surface area contributed by atoms with Crippen LogP contribution in [-0.2, 0) is 4.79 Å². The van der Waals surface area contributed by atoms with E-state index in [-0.39, 0.29) is 6.04 Å². The monoisotopic (exact) mass is 428 g/mol. The van der Waals surface area contributed by atoms with Gasteiger partial charge in [0.25, 0.3) is 0 Å². The van der Waals surface area contributed by atoms with Gasteiger partial charge in [-0.15, -0.1) is 0 Å². The van der Waals surface area contributed by atoms with Gasteiger partial charge in [-0.1, -0.05) is 37.6 Å². The van der Waals surface area contributed by atoms with Crippen molar-refractivity contribution in [1.29, 1.82) is 0 Å². The molecule has 0 radical (unpaired) electrons. The molecule has 6 nitrogen and oxygen atoms in total. The number of carbonyl (C=O) groups excluding carboxylic acids is 1. The molecule has 0 amide bonds. The zero-order valence-corrected chi connectivity index (χ0v) is 18.0. The van der Waals surface area contributed by atoms with E-state index in [0.29, 0.717) is 42.5 Å². The van der Waals surface area contributed by atoms with Gasteiger partial charge in [-0.25, -0.2) is 4.99 Å². The number of amidine groups is 1. The Morgan fingerprint density at radius 2 is 2.03 bits per heavy atom. The van der Waals surface area contributed by atoms with Crippen LogP contribution in [0.3, 0.4) is 0 Å². The molecule has 3 N–H and O–H groups in total. The van der Waals surface area contributed by atoms with Gasteiger partial charge < -0.3 is 20.1 Å². The number of aliphatic imine (C=N–C) groups is 1. The molecular formula is C23H27ClN3O3+. The van der Waals surface area contributed by atoms with Crippen molar-refractivity contribution in [2.75, 3.05) is 19.6 Å². The first-order chi connectivity index (χ1) is 14.5. The third-order valence-electron chi connectivity index (χ3n) is 6.35. The number of hydrogen-bond acceptors (Lipinski definition) is 5. The zero-order chi connectivity index (χ0) is 21.3.